The number of imidazole rings is 1. The van der Waals surface area contributed by atoms with Gasteiger partial charge in [-0.25, -0.2) is 4.79 Å². The molecule has 0 aliphatic heterocycles. The molecule has 0 aliphatic carbocycles. The average molecular weight is 423 g/mol. The standard InChI is InChI=1S/C22H12Cl2N2O3/c23-17-9-8-15(11-16(17)21(27)28)29-22-25-19-10-14(18(24)12-20(19)26-22)7-6-13-4-2-1-3-5-13/h1-5,8-12H,(H,25,26)(H,27,28). The number of rotatable bonds is 3. The number of carbonyl (C=O) groups is 1. The van der Waals surface area contributed by atoms with Crippen LogP contribution in [0.5, 0.6) is 11.8 Å². The number of aromatic amines is 1. The Kier molecular flexibility index (Phi) is 5.13. The van der Waals surface area contributed by atoms with Gasteiger partial charge in [0.05, 0.1) is 26.6 Å². The molecule has 0 radical (unpaired) electrons. The SMILES string of the molecule is O=C(O)c1cc(Oc2nc3cc(Cl)c(C#Cc4ccccc4)cc3[nH]2)ccc1Cl. The summed E-state index contributed by atoms with van der Waals surface area (Å²) in [4.78, 5) is 18.6. The Morgan fingerprint density at radius 2 is 1.79 bits per heavy atom. The van der Waals surface area contributed by atoms with Crippen LogP contribution in [0.4, 0.5) is 0 Å². The second-order valence-electron chi connectivity index (χ2n) is 6.06. The van der Waals surface area contributed by atoms with Crippen molar-refractivity contribution < 1.29 is 14.6 Å². The Morgan fingerprint density at radius 3 is 2.55 bits per heavy atom. The van der Waals surface area contributed by atoms with Gasteiger partial charge in [-0.15, -0.1) is 0 Å². The van der Waals surface area contributed by atoms with Gasteiger partial charge in [0.15, 0.2) is 0 Å². The van der Waals surface area contributed by atoms with Gasteiger partial charge >= 0.3 is 5.97 Å². The minimum absolute atomic E-state index is 0.0539. The number of ether oxygens (including phenoxy) is 1. The van der Waals surface area contributed by atoms with E-state index in [9.17, 15) is 9.90 Å². The lowest BCUT2D eigenvalue weighted by Gasteiger charge is -2.04. The van der Waals surface area contributed by atoms with Crippen LogP contribution in [0.1, 0.15) is 21.5 Å². The summed E-state index contributed by atoms with van der Waals surface area (Å²) in [5.41, 5.74) is 2.77. The van der Waals surface area contributed by atoms with E-state index in [1.807, 2.05) is 30.3 Å². The van der Waals surface area contributed by atoms with E-state index in [0.29, 0.717) is 27.4 Å². The smallest absolute Gasteiger partial charge is 0.337 e. The van der Waals surface area contributed by atoms with Gasteiger partial charge in [-0.05, 0) is 42.5 Å². The van der Waals surface area contributed by atoms with Gasteiger partial charge in [0.25, 0.3) is 6.01 Å². The van der Waals surface area contributed by atoms with Gasteiger partial charge in [0, 0.05) is 11.1 Å². The zero-order chi connectivity index (χ0) is 20.4. The van der Waals surface area contributed by atoms with Crippen LogP contribution in [0.15, 0.2) is 60.7 Å². The Hall–Kier alpha value is -3.46. The number of H-pyrrole nitrogens is 1. The number of aromatic nitrogens is 2. The molecule has 3 aromatic carbocycles. The van der Waals surface area contributed by atoms with Gasteiger partial charge in [-0.1, -0.05) is 53.2 Å². The average Bonchev–Trinajstić information content (AvgIpc) is 3.09. The first-order chi connectivity index (χ1) is 14.0. The topological polar surface area (TPSA) is 75.2 Å². The fourth-order valence-electron chi connectivity index (χ4n) is 2.66. The number of aromatic carboxylic acids is 1. The molecule has 0 saturated heterocycles. The summed E-state index contributed by atoms with van der Waals surface area (Å²) in [5, 5.41) is 9.77. The third-order valence-corrected chi connectivity index (χ3v) is 4.69. The number of nitrogens with zero attached hydrogens (tertiary/aromatic N) is 1. The Balaban J connectivity index is 1.64. The quantitative estimate of drug-likeness (QED) is 0.411. The molecular weight excluding hydrogens is 411 g/mol. The first-order valence-electron chi connectivity index (χ1n) is 8.46. The van der Waals surface area contributed by atoms with Crippen LogP contribution in [0, 0.1) is 11.8 Å². The van der Waals surface area contributed by atoms with Crippen LogP contribution in [-0.4, -0.2) is 21.0 Å². The predicted molar refractivity (Wildman–Crippen MR) is 112 cm³/mol. The number of hydrogen-bond acceptors (Lipinski definition) is 3. The van der Waals surface area contributed by atoms with E-state index in [-0.39, 0.29) is 16.6 Å². The highest BCUT2D eigenvalue weighted by Crippen LogP contribution is 2.28. The highest BCUT2D eigenvalue weighted by molar-refractivity contribution is 6.33. The van der Waals surface area contributed by atoms with Crippen molar-refractivity contribution in [2.75, 3.05) is 0 Å². The third-order valence-electron chi connectivity index (χ3n) is 4.05. The van der Waals surface area contributed by atoms with Gasteiger partial charge in [0.2, 0.25) is 0 Å². The molecule has 0 atom stereocenters. The second-order valence-corrected chi connectivity index (χ2v) is 6.87. The second kappa shape index (κ2) is 7.88. The van der Waals surface area contributed by atoms with Crippen molar-refractivity contribution in [2.24, 2.45) is 0 Å². The maximum atomic E-state index is 11.2. The molecule has 2 N–H and O–H groups in total. The monoisotopic (exact) mass is 422 g/mol. The minimum atomic E-state index is -1.14. The molecule has 0 saturated carbocycles. The summed E-state index contributed by atoms with van der Waals surface area (Å²) in [7, 11) is 0. The fraction of sp³-hybridized carbons (Fsp3) is 0. The molecule has 142 valence electrons. The summed E-state index contributed by atoms with van der Waals surface area (Å²) in [6.07, 6.45) is 0. The van der Waals surface area contributed by atoms with Crippen molar-refractivity contribution in [2.45, 2.75) is 0 Å². The summed E-state index contributed by atoms with van der Waals surface area (Å²) >= 11 is 12.2. The molecule has 5 nitrogen and oxygen atoms in total. The number of fused-ring (bicyclic) bond motifs is 1. The molecule has 0 amide bonds. The Morgan fingerprint density at radius 1 is 1.00 bits per heavy atom. The van der Waals surface area contributed by atoms with Gasteiger partial charge in [-0.3, -0.25) is 0 Å². The number of nitrogens with one attached hydrogen (secondary N) is 1. The lowest BCUT2D eigenvalue weighted by molar-refractivity contribution is 0.0696. The van der Waals surface area contributed by atoms with E-state index in [0.717, 1.165) is 5.56 Å². The minimum Gasteiger partial charge on any atom is -0.478 e. The third kappa shape index (κ3) is 4.19. The molecule has 0 unspecified atom stereocenters. The van der Waals surface area contributed by atoms with E-state index in [2.05, 4.69) is 21.8 Å². The zero-order valence-electron chi connectivity index (χ0n) is 14.7. The first kappa shape index (κ1) is 18.9. The molecule has 29 heavy (non-hydrogen) atoms. The van der Waals surface area contributed by atoms with Crippen LogP contribution >= 0.6 is 23.2 Å². The molecule has 4 aromatic rings. The molecule has 1 heterocycles. The summed E-state index contributed by atoms with van der Waals surface area (Å²) in [6.45, 7) is 0. The van der Waals surface area contributed by atoms with Crippen LogP contribution in [0.25, 0.3) is 11.0 Å². The highest BCUT2D eigenvalue weighted by atomic mass is 35.5. The van der Waals surface area contributed by atoms with E-state index >= 15 is 0 Å². The molecule has 7 heteroatoms. The first-order valence-corrected chi connectivity index (χ1v) is 9.22. The molecule has 1 aromatic heterocycles. The predicted octanol–water partition coefficient (Wildman–Crippen LogP) is 5.76. The van der Waals surface area contributed by atoms with E-state index in [1.54, 1.807) is 18.2 Å². The molecular formula is C22H12Cl2N2O3. The van der Waals surface area contributed by atoms with Gasteiger partial charge < -0.3 is 14.8 Å². The molecule has 0 aliphatic rings. The lowest BCUT2D eigenvalue weighted by atomic mass is 10.1. The number of carboxylic acids is 1. The van der Waals surface area contributed by atoms with Crippen molar-refractivity contribution >= 4 is 40.2 Å². The maximum absolute atomic E-state index is 11.2. The maximum Gasteiger partial charge on any atom is 0.337 e. The van der Waals surface area contributed by atoms with E-state index < -0.39 is 5.97 Å². The Bertz CT molecular complexity index is 1290. The largest absolute Gasteiger partial charge is 0.478 e. The van der Waals surface area contributed by atoms with Crippen molar-refractivity contribution in [3.05, 3.63) is 87.4 Å². The van der Waals surface area contributed by atoms with Crippen LogP contribution in [0.2, 0.25) is 10.0 Å². The van der Waals surface area contributed by atoms with E-state index in [1.165, 1.54) is 12.1 Å². The molecule has 0 fully saturated rings. The number of hydrogen-bond donors (Lipinski definition) is 2. The summed E-state index contributed by atoms with van der Waals surface area (Å²) in [5.74, 6) is 5.28. The fourth-order valence-corrected chi connectivity index (χ4v) is 3.06. The molecule has 0 bridgehead atoms. The van der Waals surface area contributed by atoms with E-state index in [4.69, 9.17) is 27.9 Å². The van der Waals surface area contributed by atoms with Crippen molar-refractivity contribution in [1.82, 2.24) is 9.97 Å². The Labute approximate surface area is 175 Å². The number of halogens is 2. The normalized spacial score (nSPS) is 10.4. The van der Waals surface area contributed by atoms with Crippen molar-refractivity contribution in [3.8, 4) is 23.6 Å². The highest BCUT2D eigenvalue weighted by Gasteiger charge is 2.12. The van der Waals surface area contributed by atoms with Crippen molar-refractivity contribution in [1.29, 1.82) is 0 Å². The van der Waals surface area contributed by atoms with Crippen LogP contribution < -0.4 is 4.74 Å². The summed E-state index contributed by atoms with van der Waals surface area (Å²) < 4.78 is 5.65. The zero-order valence-corrected chi connectivity index (χ0v) is 16.3. The molecule has 4 rings (SSSR count). The molecule has 0 spiro atoms. The van der Waals surface area contributed by atoms with Crippen molar-refractivity contribution in [3.63, 3.8) is 0 Å². The van der Waals surface area contributed by atoms with Gasteiger partial charge in [-0.2, -0.15) is 4.98 Å². The lowest BCUT2D eigenvalue weighted by Crippen LogP contribution is -1.98. The summed E-state index contributed by atoms with van der Waals surface area (Å²) in [6, 6.07) is 17.6. The number of carboxylic acid groups (broad SMARTS) is 1. The van der Waals surface area contributed by atoms with Gasteiger partial charge in [0.1, 0.15) is 5.75 Å². The van der Waals surface area contributed by atoms with Crippen LogP contribution in [-0.2, 0) is 0 Å². The van der Waals surface area contributed by atoms with Crippen LogP contribution in [0.3, 0.4) is 0 Å². The number of benzene rings is 3.